The summed E-state index contributed by atoms with van der Waals surface area (Å²) in [7, 11) is -3.65. The number of aromatic nitrogens is 1. The number of ether oxygens (including phenoxy) is 1. The molecule has 0 radical (unpaired) electrons. The molecule has 0 unspecified atom stereocenters. The maximum atomic E-state index is 12.7. The SMILES string of the molecule is CCN(CC)S(=O)(=O)c1cccc(NC(=O)CO/N=C(/N)c2cccnc2Oc2ccccc2)c1. The summed E-state index contributed by atoms with van der Waals surface area (Å²) < 4.78 is 32.5. The molecule has 0 fully saturated rings. The van der Waals surface area contributed by atoms with E-state index >= 15 is 0 Å². The van der Waals surface area contributed by atoms with Crippen molar-refractivity contribution in [3.63, 3.8) is 0 Å². The van der Waals surface area contributed by atoms with Gasteiger partial charge in [-0.2, -0.15) is 4.31 Å². The second kappa shape index (κ2) is 12.0. The number of carbonyl (C=O) groups excluding carboxylic acids is 1. The van der Waals surface area contributed by atoms with Crippen LogP contribution in [0.4, 0.5) is 5.69 Å². The highest BCUT2D eigenvalue weighted by Crippen LogP contribution is 2.22. The molecule has 0 atom stereocenters. The van der Waals surface area contributed by atoms with E-state index in [0.717, 1.165) is 0 Å². The molecule has 1 heterocycles. The van der Waals surface area contributed by atoms with E-state index in [9.17, 15) is 13.2 Å². The highest BCUT2D eigenvalue weighted by atomic mass is 32.2. The van der Waals surface area contributed by atoms with Gasteiger partial charge in [0.05, 0.1) is 10.5 Å². The van der Waals surface area contributed by atoms with Crippen molar-refractivity contribution in [2.45, 2.75) is 18.7 Å². The molecule has 0 aliphatic heterocycles. The Morgan fingerprint density at radius 3 is 2.51 bits per heavy atom. The van der Waals surface area contributed by atoms with Gasteiger partial charge in [0, 0.05) is 25.0 Å². The standard InChI is InChI=1S/C24H27N5O5S/c1-3-29(4-2)35(31,32)20-13-8-10-18(16-20)27-22(30)17-33-28-23(25)21-14-9-15-26-24(21)34-19-11-6-5-7-12-19/h5-16H,3-4,17H2,1-2H3,(H2,25,28)(H,27,30). The molecule has 0 saturated heterocycles. The first-order valence-corrected chi connectivity index (χ1v) is 12.3. The molecule has 1 aromatic heterocycles. The number of nitrogens with zero attached hydrogens (tertiary/aromatic N) is 3. The number of amides is 1. The Hall–Kier alpha value is -3.96. The fourth-order valence-electron chi connectivity index (χ4n) is 3.12. The number of pyridine rings is 1. The van der Waals surface area contributed by atoms with E-state index in [1.54, 1.807) is 56.4 Å². The minimum Gasteiger partial charge on any atom is -0.438 e. The Kier molecular flexibility index (Phi) is 8.76. The van der Waals surface area contributed by atoms with Crippen LogP contribution >= 0.6 is 0 Å². The van der Waals surface area contributed by atoms with Gasteiger partial charge >= 0.3 is 0 Å². The van der Waals surface area contributed by atoms with Crippen LogP contribution in [-0.2, 0) is 19.7 Å². The maximum absolute atomic E-state index is 12.7. The number of hydrogen-bond acceptors (Lipinski definition) is 7. The average molecular weight is 498 g/mol. The summed E-state index contributed by atoms with van der Waals surface area (Å²) in [6, 6.07) is 18.4. The van der Waals surface area contributed by atoms with E-state index in [1.807, 2.05) is 18.2 Å². The highest BCUT2D eigenvalue weighted by Gasteiger charge is 2.22. The molecule has 11 heteroatoms. The van der Waals surface area contributed by atoms with Crippen molar-refractivity contribution in [1.29, 1.82) is 0 Å². The second-order valence-corrected chi connectivity index (χ2v) is 9.12. The molecular formula is C24H27N5O5S. The lowest BCUT2D eigenvalue weighted by Crippen LogP contribution is -2.30. The first-order chi connectivity index (χ1) is 16.8. The summed E-state index contributed by atoms with van der Waals surface area (Å²) in [4.78, 5) is 21.7. The molecule has 3 N–H and O–H groups in total. The third-order valence-corrected chi connectivity index (χ3v) is 6.87. The van der Waals surface area contributed by atoms with Crippen LogP contribution in [0.2, 0.25) is 0 Å². The van der Waals surface area contributed by atoms with Crippen molar-refractivity contribution in [3.8, 4) is 11.6 Å². The smallest absolute Gasteiger partial charge is 0.265 e. The normalized spacial score (nSPS) is 11.8. The van der Waals surface area contributed by atoms with E-state index in [4.69, 9.17) is 15.3 Å². The van der Waals surface area contributed by atoms with E-state index in [-0.39, 0.29) is 16.6 Å². The molecule has 2 aromatic carbocycles. The molecule has 1 amide bonds. The average Bonchev–Trinajstić information content (AvgIpc) is 2.85. The van der Waals surface area contributed by atoms with Gasteiger partial charge in [-0.05, 0) is 42.5 Å². The van der Waals surface area contributed by atoms with E-state index in [1.165, 1.54) is 16.4 Å². The van der Waals surface area contributed by atoms with Crippen molar-refractivity contribution in [1.82, 2.24) is 9.29 Å². The number of hydrogen-bond donors (Lipinski definition) is 2. The van der Waals surface area contributed by atoms with Crippen LogP contribution in [0.5, 0.6) is 11.6 Å². The minimum absolute atomic E-state index is 0.0239. The van der Waals surface area contributed by atoms with Crippen LogP contribution in [0.15, 0.2) is 83.0 Å². The van der Waals surface area contributed by atoms with Crippen molar-refractivity contribution < 1.29 is 22.8 Å². The molecule has 35 heavy (non-hydrogen) atoms. The van der Waals surface area contributed by atoms with Crippen molar-refractivity contribution in [2.75, 3.05) is 25.0 Å². The Balaban J connectivity index is 1.63. The van der Waals surface area contributed by atoms with Gasteiger partial charge in [0.15, 0.2) is 12.4 Å². The molecule has 3 rings (SSSR count). The number of amidine groups is 1. The fraction of sp³-hybridized carbons (Fsp3) is 0.208. The zero-order chi connectivity index (χ0) is 25.3. The van der Waals surface area contributed by atoms with Gasteiger partial charge < -0.3 is 20.6 Å². The number of nitrogens with two attached hydrogens (primary N) is 1. The number of carbonyl (C=O) groups is 1. The number of oxime groups is 1. The van der Waals surface area contributed by atoms with Gasteiger partial charge in [-0.15, -0.1) is 0 Å². The summed E-state index contributed by atoms with van der Waals surface area (Å²) in [5.41, 5.74) is 6.72. The van der Waals surface area contributed by atoms with E-state index in [2.05, 4.69) is 15.5 Å². The number of nitrogens with one attached hydrogen (secondary N) is 1. The van der Waals surface area contributed by atoms with Gasteiger partial charge in [-0.1, -0.05) is 43.3 Å². The minimum atomic E-state index is -3.65. The van der Waals surface area contributed by atoms with Crippen LogP contribution < -0.4 is 15.8 Å². The topological polar surface area (TPSA) is 136 Å². The molecule has 0 saturated carbocycles. The molecule has 10 nitrogen and oxygen atoms in total. The molecule has 0 aliphatic carbocycles. The fourth-order valence-corrected chi connectivity index (χ4v) is 4.63. The number of anilines is 1. The molecule has 0 spiro atoms. The third-order valence-electron chi connectivity index (χ3n) is 4.82. The Morgan fingerprint density at radius 1 is 1.06 bits per heavy atom. The summed E-state index contributed by atoms with van der Waals surface area (Å²) in [5.74, 6) is 0.250. The Morgan fingerprint density at radius 2 is 1.80 bits per heavy atom. The largest absolute Gasteiger partial charge is 0.438 e. The van der Waals surface area contributed by atoms with Gasteiger partial charge in [-0.25, -0.2) is 13.4 Å². The molecular weight excluding hydrogens is 470 g/mol. The van der Waals surface area contributed by atoms with E-state index < -0.39 is 22.5 Å². The maximum Gasteiger partial charge on any atom is 0.265 e. The second-order valence-electron chi connectivity index (χ2n) is 7.19. The van der Waals surface area contributed by atoms with Crippen molar-refractivity contribution in [3.05, 3.63) is 78.5 Å². The summed E-state index contributed by atoms with van der Waals surface area (Å²) in [6.07, 6.45) is 1.55. The predicted molar refractivity (Wildman–Crippen MR) is 133 cm³/mol. The number of rotatable bonds is 11. The number of para-hydroxylation sites is 1. The Labute approximate surface area is 204 Å². The lowest BCUT2D eigenvalue weighted by molar-refractivity contribution is -0.120. The summed E-state index contributed by atoms with van der Waals surface area (Å²) >= 11 is 0. The van der Waals surface area contributed by atoms with Crippen LogP contribution in [0.25, 0.3) is 0 Å². The Bertz CT molecular complexity index is 1280. The monoisotopic (exact) mass is 497 g/mol. The zero-order valence-corrected chi connectivity index (χ0v) is 20.2. The molecule has 3 aromatic rings. The highest BCUT2D eigenvalue weighted by molar-refractivity contribution is 7.89. The third kappa shape index (κ3) is 6.78. The first-order valence-electron chi connectivity index (χ1n) is 10.9. The van der Waals surface area contributed by atoms with Crippen LogP contribution in [0.1, 0.15) is 19.4 Å². The summed E-state index contributed by atoms with van der Waals surface area (Å²) in [6.45, 7) is 3.77. The molecule has 0 aliphatic rings. The van der Waals surface area contributed by atoms with Gasteiger partial charge in [0.1, 0.15) is 5.75 Å². The molecule has 0 bridgehead atoms. The van der Waals surface area contributed by atoms with Crippen molar-refractivity contribution in [2.24, 2.45) is 10.9 Å². The lowest BCUT2D eigenvalue weighted by Gasteiger charge is -2.18. The van der Waals surface area contributed by atoms with Crippen molar-refractivity contribution >= 4 is 27.5 Å². The predicted octanol–water partition coefficient (Wildman–Crippen LogP) is 3.18. The number of benzene rings is 2. The quantitative estimate of drug-likeness (QED) is 0.236. The number of sulfonamides is 1. The first kappa shape index (κ1) is 25.7. The zero-order valence-electron chi connectivity index (χ0n) is 19.4. The lowest BCUT2D eigenvalue weighted by atomic mass is 10.2. The van der Waals surface area contributed by atoms with E-state index in [0.29, 0.717) is 30.1 Å². The van der Waals surface area contributed by atoms with Crippen LogP contribution in [0, 0.1) is 0 Å². The van der Waals surface area contributed by atoms with Crippen LogP contribution in [0.3, 0.4) is 0 Å². The van der Waals surface area contributed by atoms with Crippen LogP contribution in [-0.4, -0.2) is 49.1 Å². The van der Waals surface area contributed by atoms with Gasteiger partial charge in [-0.3, -0.25) is 4.79 Å². The van der Waals surface area contributed by atoms with Gasteiger partial charge in [0.25, 0.3) is 5.91 Å². The summed E-state index contributed by atoms with van der Waals surface area (Å²) in [5, 5.41) is 6.38. The van der Waals surface area contributed by atoms with Gasteiger partial charge in [0.2, 0.25) is 15.9 Å². The molecule has 184 valence electrons.